The van der Waals surface area contributed by atoms with Gasteiger partial charge in [-0.1, -0.05) is 0 Å². The lowest BCUT2D eigenvalue weighted by atomic mass is 10.2. The fourth-order valence-electron chi connectivity index (χ4n) is 1.78. The lowest BCUT2D eigenvalue weighted by Crippen LogP contribution is -2.41. The van der Waals surface area contributed by atoms with Crippen molar-refractivity contribution in [3.8, 4) is 0 Å². The Morgan fingerprint density at radius 2 is 1.70 bits per heavy atom. The molecule has 0 saturated heterocycles. The van der Waals surface area contributed by atoms with Gasteiger partial charge in [-0.05, 0) is 42.8 Å². The Kier molecular flexibility index (Phi) is 3.99. The van der Waals surface area contributed by atoms with Crippen LogP contribution in [0.15, 0.2) is 25.6 Å². The van der Waals surface area contributed by atoms with Crippen LogP contribution in [0.2, 0.25) is 0 Å². The van der Waals surface area contributed by atoms with Gasteiger partial charge >= 0.3 is 0 Å². The van der Waals surface area contributed by atoms with E-state index in [9.17, 15) is 9.59 Å². The van der Waals surface area contributed by atoms with E-state index in [0.29, 0.717) is 32.9 Å². The van der Waals surface area contributed by atoms with Gasteiger partial charge in [0.05, 0.1) is 21.9 Å². The molecule has 106 valence electrons. The summed E-state index contributed by atoms with van der Waals surface area (Å²) in [6, 6.07) is 1.53. The molecule has 0 bridgehead atoms. The SMILES string of the molecule is Cc1occc1C(=O)NNC(=O)c1c(C)oc(C)c1Br. The van der Waals surface area contributed by atoms with Crippen LogP contribution in [0, 0.1) is 20.8 Å². The summed E-state index contributed by atoms with van der Waals surface area (Å²) in [5.41, 5.74) is 5.38. The van der Waals surface area contributed by atoms with Crippen LogP contribution in [-0.2, 0) is 0 Å². The van der Waals surface area contributed by atoms with Gasteiger partial charge in [0.25, 0.3) is 11.8 Å². The monoisotopic (exact) mass is 340 g/mol. The number of amides is 2. The fourth-order valence-corrected chi connectivity index (χ4v) is 2.32. The van der Waals surface area contributed by atoms with E-state index in [-0.39, 0.29) is 0 Å². The first-order valence-corrected chi connectivity index (χ1v) is 6.61. The number of hydrogen-bond acceptors (Lipinski definition) is 4. The third kappa shape index (κ3) is 2.62. The summed E-state index contributed by atoms with van der Waals surface area (Å²) in [7, 11) is 0. The van der Waals surface area contributed by atoms with Crippen LogP contribution < -0.4 is 10.9 Å². The summed E-state index contributed by atoms with van der Waals surface area (Å²) in [5, 5.41) is 0. The number of nitrogens with one attached hydrogen (secondary N) is 2. The van der Waals surface area contributed by atoms with E-state index in [1.807, 2.05) is 0 Å². The average molecular weight is 341 g/mol. The minimum Gasteiger partial charge on any atom is -0.469 e. The zero-order valence-corrected chi connectivity index (χ0v) is 12.8. The topological polar surface area (TPSA) is 84.5 Å². The second kappa shape index (κ2) is 5.54. The lowest BCUT2D eigenvalue weighted by Gasteiger charge is -2.06. The van der Waals surface area contributed by atoms with Crippen molar-refractivity contribution < 1.29 is 18.4 Å². The van der Waals surface area contributed by atoms with Crippen LogP contribution in [0.4, 0.5) is 0 Å². The molecule has 2 rings (SSSR count). The number of carbonyl (C=O) groups excluding carboxylic acids is 2. The standard InChI is InChI=1S/C13H13BrN2O4/c1-6-9(4-5-19-6)12(17)15-16-13(18)10-7(2)20-8(3)11(10)14/h4-5H,1-3H3,(H,15,17)(H,16,18). The summed E-state index contributed by atoms with van der Waals surface area (Å²) < 4.78 is 10.9. The van der Waals surface area contributed by atoms with E-state index in [0.717, 1.165) is 0 Å². The molecule has 2 aromatic rings. The number of rotatable bonds is 2. The number of hydrogen-bond donors (Lipinski definition) is 2. The minimum atomic E-state index is -0.458. The zero-order chi connectivity index (χ0) is 14.9. The molecule has 0 radical (unpaired) electrons. The molecule has 0 aliphatic carbocycles. The second-order valence-electron chi connectivity index (χ2n) is 4.20. The number of aryl methyl sites for hydroxylation is 3. The summed E-state index contributed by atoms with van der Waals surface area (Å²) >= 11 is 3.28. The number of carbonyl (C=O) groups is 2. The Morgan fingerprint density at radius 1 is 1.05 bits per heavy atom. The number of furan rings is 2. The molecule has 0 spiro atoms. The predicted molar refractivity (Wildman–Crippen MR) is 74.3 cm³/mol. The molecule has 0 unspecified atom stereocenters. The molecular weight excluding hydrogens is 328 g/mol. The molecule has 0 aliphatic rings. The number of hydrazine groups is 1. The number of halogens is 1. The highest BCUT2D eigenvalue weighted by Gasteiger charge is 2.20. The summed E-state index contributed by atoms with van der Waals surface area (Å²) in [6.07, 6.45) is 1.41. The van der Waals surface area contributed by atoms with Crippen molar-refractivity contribution in [2.45, 2.75) is 20.8 Å². The molecule has 0 fully saturated rings. The van der Waals surface area contributed by atoms with Gasteiger partial charge < -0.3 is 8.83 Å². The smallest absolute Gasteiger partial charge is 0.274 e. The molecule has 0 atom stereocenters. The first-order valence-electron chi connectivity index (χ1n) is 5.82. The maximum absolute atomic E-state index is 12.0. The molecule has 20 heavy (non-hydrogen) atoms. The van der Waals surface area contributed by atoms with Crippen molar-refractivity contribution in [2.24, 2.45) is 0 Å². The molecule has 0 saturated carbocycles. The van der Waals surface area contributed by atoms with E-state index in [4.69, 9.17) is 8.83 Å². The van der Waals surface area contributed by atoms with E-state index < -0.39 is 11.8 Å². The second-order valence-corrected chi connectivity index (χ2v) is 5.00. The molecule has 2 heterocycles. The average Bonchev–Trinajstić information content (AvgIpc) is 2.91. The normalized spacial score (nSPS) is 10.4. The van der Waals surface area contributed by atoms with Crippen molar-refractivity contribution in [1.29, 1.82) is 0 Å². The summed E-state index contributed by atoms with van der Waals surface area (Å²) in [6.45, 7) is 5.08. The summed E-state index contributed by atoms with van der Waals surface area (Å²) in [5.74, 6) is 0.651. The third-order valence-electron chi connectivity index (χ3n) is 2.81. The molecular formula is C13H13BrN2O4. The van der Waals surface area contributed by atoms with Gasteiger partial charge in [0.15, 0.2) is 0 Å². The molecule has 0 aliphatic heterocycles. The van der Waals surface area contributed by atoms with Gasteiger partial charge in [0.1, 0.15) is 17.3 Å². The van der Waals surface area contributed by atoms with Gasteiger partial charge in [-0.15, -0.1) is 0 Å². The van der Waals surface area contributed by atoms with Gasteiger partial charge in [0.2, 0.25) is 0 Å². The largest absolute Gasteiger partial charge is 0.469 e. The van der Waals surface area contributed by atoms with Crippen LogP contribution in [0.5, 0.6) is 0 Å². The van der Waals surface area contributed by atoms with Crippen molar-refractivity contribution >= 4 is 27.7 Å². The molecule has 2 N–H and O–H groups in total. The van der Waals surface area contributed by atoms with Crippen LogP contribution in [0.3, 0.4) is 0 Å². The maximum Gasteiger partial charge on any atom is 0.274 e. The van der Waals surface area contributed by atoms with Crippen LogP contribution in [0.1, 0.15) is 38.0 Å². The van der Waals surface area contributed by atoms with Gasteiger partial charge in [-0.3, -0.25) is 20.4 Å². The first kappa shape index (κ1) is 14.4. The predicted octanol–water partition coefficient (Wildman–Crippen LogP) is 2.64. The molecule has 7 heteroatoms. The van der Waals surface area contributed by atoms with Crippen LogP contribution >= 0.6 is 15.9 Å². The Labute approximate surface area is 123 Å². The minimum absolute atomic E-state index is 0.353. The van der Waals surface area contributed by atoms with Gasteiger partial charge in [-0.2, -0.15) is 0 Å². The quantitative estimate of drug-likeness (QED) is 0.823. The highest BCUT2D eigenvalue weighted by Crippen LogP contribution is 2.26. The maximum atomic E-state index is 12.0. The highest BCUT2D eigenvalue weighted by molar-refractivity contribution is 9.10. The van der Waals surface area contributed by atoms with Crippen LogP contribution in [-0.4, -0.2) is 11.8 Å². The van der Waals surface area contributed by atoms with E-state index in [1.54, 1.807) is 20.8 Å². The Hall–Kier alpha value is -2.02. The van der Waals surface area contributed by atoms with E-state index in [2.05, 4.69) is 26.8 Å². The fraction of sp³-hybridized carbons (Fsp3) is 0.231. The lowest BCUT2D eigenvalue weighted by molar-refractivity contribution is 0.0844. The third-order valence-corrected chi connectivity index (χ3v) is 3.76. The van der Waals surface area contributed by atoms with E-state index in [1.165, 1.54) is 12.3 Å². The van der Waals surface area contributed by atoms with Crippen molar-refractivity contribution in [1.82, 2.24) is 10.9 Å². The summed E-state index contributed by atoms with van der Waals surface area (Å²) in [4.78, 5) is 23.8. The van der Waals surface area contributed by atoms with Crippen molar-refractivity contribution in [3.63, 3.8) is 0 Å². The zero-order valence-electron chi connectivity index (χ0n) is 11.2. The van der Waals surface area contributed by atoms with Gasteiger partial charge in [-0.25, -0.2) is 0 Å². The first-order chi connectivity index (χ1) is 9.41. The van der Waals surface area contributed by atoms with Gasteiger partial charge in [0, 0.05) is 0 Å². The van der Waals surface area contributed by atoms with Crippen molar-refractivity contribution in [3.05, 3.63) is 45.2 Å². The molecule has 2 aromatic heterocycles. The van der Waals surface area contributed by atoms with E-state index >= 15 is 0 Å². The van der Waals surface area contributed by atoms with Crippen molar-refractivity contribution in [2.75, 3.05) is 0 Å². The highest BCUT2D eigenvalue weighted by atomic mass is 79.9. The molecule has 2 amide bonds. The Morgan fingerprint density at radius 3 is 2.20 bits per heavy atom. The Bertz CT molecular complexity index is 672. The van der Waals surface area contributed by atoms with Crippen LogP contribution in [0.25, 0.3) is 0 Å². The molecule has 6 nitrogen and oxygen atoms in total. The Balaban J connectivity index is 2.06. The molecule has 0 aromatic carbocycles.